The molecular weight excluding hydrogens is 684 g/mol. The van der Waals surface area contributed by atoms with Crippen molar-refractivity contribution in [2.75, 3.05) is 35.3 Å². The van der Waals surface area contributed by atoms with Gasteiger partial charge in [0.1, 0.15) is 17.4 Å². The third-order valence-corrected chi connectivity index (χ3v) is 10.2. The lowest BCUT2D eigenvalue weighted by atomic mass is 9.89. The van der Waals surface area contributed by atoms with Crippen molar-refractivity contribution in [3.05, 3.63) is 101 Å². The first-order valence-electron chi connectivity index (χ1n) is 16.6. The molecule has 2 amide bonds. The van der Waals surface area contributed by atoms with E-state index in [0.29, 0.717) is 30.0 Å². The van der Waals surface area contributed by atoms with Crippen LogP contribution in [0.25, 0.3) is 0 Å². The number of anilines is 4. The maximum Gasteiger partial charge on any atom is 0.421 e. The van der Waals surface area contributed by atoms with Crippen molar-refractivity contribution in [3.63, 3.8) is 0 Å². The van der Waals surface area contributed by atoms with Crippen LogP contribution in [-0.2, 0) is 38.7 Å². The number of alkyl halides is 3. The molecule has 0 aliphatic carbocycles. The van der Waals surface area contributed by atoms with E-state index in [2.05, 4.69) is 36.1 Å². The number of para-hydroxylation sites is 1. The Hall–Kier alpha value is -5.02. The number of rotatable bonds is 11. The second-order valence-corrected chi connectivity index (χ2v) is 14.8. The first-order valence-corrected chi connectivity index (χ1v) is 18.5. The Balaban J connectivity index is 1.05. The average Bonchev–Trinajstić information content (AvgIpc) is 3.09. The minimum Gasteiger partial charge on any atom is -0.373 e. The molecule has 2 fully saturated rings. The molecule has 0 spiro atoms. The number of carbonyl (C=O) groups excluding carboxylic acids is 2. The number of nitrogens with zero attached hydrogens (tertiary/aromatic N) is 3. The van der Waals surface area contributed by atoms with Crippen molar-refractivity contribution >= 4 is 44.8 Å². The molecule has 2 aliphatic heterocycles. The van der Waals surface area contributed by atoms with Crippen LogP contribution in [-0.4, -0.2) is 60.5 Å². The third kappa shape index (κ3) is 9.21. The first-order chi connectivity index (χ1) is 24.3. The lowest BCUT2D eigenvalue weighted by molar-refractivity contribution is -0.137. The van der Waals surface area contributed by atoms with Crippen LogP contribution in [0.5, 0.6) is 0 Å². The summed E-state index contributed by atoms with van der Waals surface area (Å²) in [5.74, 6) is -0.661. The Morgan fingerprint density at radius 1 is 0.961 bits per heavy atom. The van der Waals surface area contributed by atoms with Crippen LogP contribution in [0.15, 0.2) is 83.9 Å². The van der Waals surface area contributed by atoms with Gasteiger partial charge in [0.2, 0.25) is 17.8 Å². The minimum atomic E-state index is -4.71. The molecule has 11 nitrogen and oxygen atoms in total. The highest BCUT2D eigenvalue weighted by Crippen LogP contribution is 2.35. The molecule has 0 radical (unpaired) electrons. The monoisotopic (exact) mass is 721 g/mol. The number of nitrogens with one attached hydrogen (secondary N) is 4. The summed E-state index contributed by atoms with van der Waals surface area (Å²) < 4.78 is 65.2. The number of hydrogen-bond donors (Lipinski definition) is 4. The van der Waals surface area contributed by atoms with Gasteiger partial charge in [-0.1, -0.05) is 42.5 Å². The van der Waals surface area contributed by atoms with Gasteiger partial charge < -0.3 is 16.0 Å². The third-order valence-electron chi connectivity index (χ3n) is 9.09. The molecule has 51 heavy (non-hydrogen) atoms. The maximum absolute atomic E-state index is 13.8. The number of benzene rings is 3. The van der Waals surface area contributed by atoms with E-state index in [1.165, 1.54) is 18.2 Å². The topological polar surface area (TPSA) is 145 Å². The summed E-state index contributed by atoms with van der Waals surface area (Å²) in [7, 11) is -3.48. The Labute approximate surface area is 294 Å². The van der Waals surface area contributed by atoms with Crippen LogP contribution in [0.1, 0.15) is 53.9 Å². The average molecular weight is 722 g/mol. The van der Waals surface area contributed by atoms with E-state index in [1.807, 2.05) is 48.5 Å². The molecule has 3 aromatic carbocycles. The molecular formula is C36H38F3N7O4S. The van der Waals surface area contributed by atoms with Crippen molar-refractivity contribution in [2.24, 2.45) is 0 Å². The number of hydrogen-bond acceptors (Lipinski definition) is 10. The Morgan fingerprint density at radius 2 is 1.71 bits per heavy atom. The van der Waals surface area contributed by atoms with Gasteiger partial charge >= 0.3 is 6.18 Å². The number of amides is 2. The summed E-state index contributed by atoms with van der Waals surface area (Å²) in [5.41, 5.74) is 3.18. The van der Waals surface area contributed by atoms with Crippen LogP contribution < -0.4 is 21.3 Å². The predicted molar refractivity (Wildman–Crippen MR) is 187 cm³/mol. The van der Waals surface area contributed by atoms with Gasteiger partial charge in [0.15, 0.2) is 9.84 Å². The summed E-state index contributed by atoms with van der Waals surface area (Å²) in [6, 6.07) is 21.1. The predicted octanol–water partition coefficient (Wildman–Crippen LogP) is 5.85. The van der Waals surface area contributed by atoms with Crippen LogP contribution in [0.3, 0.4) is 0 Å². The van der Waals surface area contributed by atoms with Gasteiger partial charge in [-0.05, 0) is 85.3 Å². The largest absolute Gasteiger partial charge is 0.421 e. The molecule has 1 atom stereocenters. The quantitative estimate of drug-likeness (QED) is 0.139. The van der Waals surface area contributed by atoms with E-state index in [-0.39, 0.29) is 29.2 Å². The zero-order valence-corrected chi connectivity index (χ0v) is 28.7. The Kier molecular flexibility index (Phi) is 10.6. The van der Waals surface area contributed by atoms with Gasteiger partial charge in [0, 0.05) is 43.3 Å². The number of halogens is 3. The lowest BCUT2D eigenvalue weighted by Gasteiger charge is -2.33. The number of piperidine rings is 2. The number of imide groups is 1. The van der Waals surface area contributed by atoms with Gasteiger partial charge in [-0.2, -0.15) is 18.2 Å². The van der Waals surface area contributed by atoms with E-state index < -0.39 is 33.4 Å². The summed E-state index contributed by atoms with van der Waals surface area (Å²) in [5, 5.41) is 11.4. The number of carbonyl (C=O) groups is 2. The van der Waals surface area contributed by atoms with Crippen molar-refractivity contribution < 1.29 is 31.2 Å². The summed E-state index contributed by atoms with van der Waals surface area (Å²) in [6.45, 7) is 2.40. The summed E-state index contributed by atoms with van der Waals surface area (Å²) in [4.78, 5) is 34.3. The first kappa shape index (κ1) is 35.8. The standard InChI is InChI=1S/C36H38F3N7O4S/c1-51(49,50)28-7-4-5-23(19-28)20-40-33-29(36(37,38)39)21-41-35(45-33)42-27-11-9-24(10-12-27)25-15-17-46(18-16-25)22-26-6-2-3-8-30(26)43-31-13-14-32(47)44-34(31)48/h2-12,19,21,25,31,43H,13-18,20,22H2,1H3,(H,44,47,48)(H2,40,41,42,45). The SMILES string of the molecule is CS(=O)(=O)c1cccc(CNc2nc(Nc3ccc(C4CCN(Cc5ccccc5NC5CCC(=O)NC5=O)CC4)cc3)ncc2C(F)(F)F)c1. The van der Waals surface area contributed by atoms with Gasteiger partial charge in [-0.25, -0.2) is 13.4 Å². The van der Waals surface area contributed by atoms with E-state index in [1.54, 1.807) is 6.07 Å². The normalized spacial score (nSPS) is 17.5. The molecule has 2 saturated heterocycles. The smallest absolute Gasteiger partial charge is 0.373 e. The molecule has 3 heterocycles. The number of likely N-dealkylation sites (tertiary alicyclic amines) is 1. The second kappa shape index (κ2) is 15.1. The van der Waals surface area contributed by atoms with Crippen LogP contribution in [0.2, 0.25) is 0 Å². The van der Waals surface area contributed by atoms with Gasteiger partial charge in [-0.15, -0.1) is 0 Å². The van der Waals surface area contributed by atoms with E-state index in [0.717, 1.165) is 61.7 Å². The fraction of sp³-hybridized carbons (Fsp3) is 0.333. The van der Waals surface area contributed by atoms with Crippen LogP contribution in [0.4, 0.5) is 36.3 Å². The molecule has 0 bridgehead atoms. The zero-order valence-electron chi connectivity index (χ0n) is 27.8. The maximum atomic E-state index is 13.8. The molecule has 4 aromatic rings. The lowest BCUT2D eigenvalue weighted by Crippen LogP contribution is -2.47. The fourth-order valence-corrected chi connectivity index (χ4v) is 7.00. The Bertz CT molecular complexity index is 2000. The summed E-state index contributed by atoms with van der Waals surface area (Å²) in [6.07, 6.45) is -0.266. The molecule has 4 N–H and O–H groups in total. The van der Waals surface area contributed by atoms with Gasteiger partial charge in [0.25, 0.3) is 0 Å². The fourth-order valence-electron chi connectivity index (χ4n) is 6.31. The molecule has 0 saturated carbocycles. The number of sulfone groups is 1. The second-order valence-electron chi connectivity index (χ2n) is 12.8. The Morgan fingerprint density at radius 3 is 2.41 bits per heavy atom. The highest BCUT2D eigenvalue weighted by atomic mass is 32.2. The highest BCUT2D eigenvalue weighted by molar-refractivity contribution is 7.90. The molecule has 6 rings (SSSR count). The van der Waals surface area contributed by atoms with Crippen molar-refractivity contribution in [1.82, 2.24) is 20.2 Å². The van der Waals surface area contributed by atoms with Crippen molar-refractivity contribution in [2.45, 2.75) is 61.8 Å². The molecule has 1 unspecified atom stereocenters. The van der Waals surface area contributed by atoms with Crippen LogP contribution in [0, 0.1) is 0 Å². The van der Waals surface area contributed by atoms with Crippen molar-refractivity contribution in [1.29, 1.82) is 0 Å². The van der Waals surface area contributed by atoms with E-state index in [4.69, 9.17) is 0 Å². The molecule has 1 aromatic heterocycles. The summed E-state index contributed by atoms with van der Waals surface area (Å²) >= 11 is 0. The zero-order chi connectivity index (χ0) is 36.2. The minimum absolute atomic E-state index is 0.0242. The van der Waals surface area contributed by atoms with Crippen LogP contribution >= 0.6 is 0 Å². The number of aromatic nitrogens is 2. The molecule has 2 aliphatic rings. The van der Waals surface area contributed by atoms with Crippen molar-refractivity contribution in [3.8, 4) is 0 Å². The van der Waals surface area contributed by atoms with E-state index >= 15 is 0 Å². The van der Waals surface area contributed by atoms with E-state index in [9.17, 15) is 31.2 Å². The highest BCUT2D eigenvalue weighted by Gasteiger charge is 2.35. The molecule has 268 valence electrons. The molecule has 15 heteroatoms. The van der Waals surface area contributed by atoms with Gasteiger partial charge in [-0.3, -0.25) is 19.8 Å². The van der Waals surface area contributed by atoms with Gasteiger partial charge in [0.05, 0.1) is 4.90 Å².